The van der Waals surface area contributed by atoms with Crippen LogP contribution in [0.4, 0.5) is 26.3 Å². The fourth-order valence-corrected chi connectivity index (χ4v) is 1.97. The number of hydrogen-bond donors (Lipinski definition) is 3. The molecule has 0 aromatic carbocycles. The Labute approximate surface area is 180 Å². The van der Waals surface area contributed by atoms with Gasteiger partial charge in [0.1, 0.15) is 0 Å². The molecule has 13 heteroatoms. The standard InChI is InChI=1S/C16H22ClF3N2O2.C2H2F3NO/c1-3-8-12(4-2)13(17)11-22-14(23)9-6-5-7-10-21-15(24)16(18,19)20;3-2(4,5)1(6)7/h3-4,8,13H,1-2,5-7,9-11H2,(H,21,24)(H,22,23);(H2,6,7)/b12-8+;. The van der Waals surface area contributed by atoms with E-state index in [2.05, 4.69) is 24.2 Å². The molecule has 1 atom stereocenters. The third-order valence-corrected chi connectivity index (χ3v) is 3.70. The fourth-order valence-electron chi connectivity index (χ4n) is 1.74. The van der Waals surface area contributed by atoms with Crippen molar-refractivity contribution in [2.24, 2.45) is 5.73 Å². The first kappa shape index (κ1) is 30.7. The van der Waals surface area contributed by atoms with Crippen molar-refractivity contribution >= 4 is 29.3 Å². The van der Waals surface area contributed by atoms with E-state index in [1.807, 2.05) is 0 Å². The van der Waals surface area contributed by atoms with Gasteiger partial charge in [-0.2, -0.15) is 26.3 Å². The van der Waals surface area contributed by atoms with Crippen molar-refractivity contribution in [3.05, 3.63) is 37.0 Å². The van der Waals surface area contributed by atoms with Gasteiger partial charge in [0.2, 0.25) is 5.91 Å². The molecule has 0 spiro atoms. The van der Waals surface area contributed by atoms with Crippen molar-refractivity contribution in [1.82, 2.24) is 10.6 Å². The van der Waals surface area contributed by atoms with Gasteiger partial charge in [-0.25, -0.2) is 0 Å². The Morgan fingerprint density at radius 2 is 1.52 bits per heavy atom. The predicted molar refractivity (Wildman–Crippen MR) is 104 cm³/mol. The largest absolute Gasteiger partial charge is 0.471 e. The summed E-state index contributed by atoms with van der Waals surface area (Å²) < 4.78 is 67.9. The van der Waals surface area contributed by atoms with E-state index in [0.29, 0.717) is 19.3 Å². The maximum absolute atomic E-state index is 11.9. The molecule has 0 rings (SSSR count). The third-order valence-electron chi connectivity index (χ3n) is 3.29. The molecule has 0 radical (unpaired) electrons. The molecule has 0 aliphatic rings. The number of nitrogens with one attached hydrogen (secondary N) is 2. The molecule has 178 valence electrons. The molecule has 0 fully saturated rings. The summed E-state index contributed by atoms with van der Waals surface area (Å²) in [6.07, 6.45) is -3.20. The SMILES string of the molecule is C=C/C=C(\C=C)C(Cl)CNC(=O)CCCCCNC(=O)C(F)(F)F.NC(=O)C(F)(F)F. The van der Waals surface area contributed by atoms with Gasteiger partial charge in [0, 0.05) is 19.5 Å². The average molecular weight is 480 g/mol. The van der Waals surface area contributed by atoms with Gasteiger partial charge in [-0.05, 0) is 18.4 Å². The molecule has 0 saturated heterocycles. The second kappa shape index (κ2) is 15.3. The van der Waals surface area contributed by atoms with Crippen molar-refractivity contribution in [3.8, 4) is 0 Å². The molecule has 0 heterocycles. The van der Waals surface area contributed by atoms with Crippen LogP contribution >= 0.6 is 11.6 Å². The van der Waals surface area contributed by atoms with Crippen LogP contribution in [0.25, 0.3) is 0 Å². The van der Waals surface area contributed by atoms with Gasteiger partial charge in [-0.15, -0.1) is 11.6 Å². The van der Waals surface area contributed by atoms with E-state index in [1.165, 1.54) is 0 Å². The van der Waals surface area contributed by atoms with E-state index in [4.69, 9.17) is 16.4 Å². The van der Waals surface area contributed by atoms with Crippen LogP contribution in [-0.2, 0) is 14.4 Å². The summed E-state index contributed by atoms with van der Waals surface area (Å²) in [5.41, 5.74) is 4.55. The first-order valence-electron chi connectivity index (χ1n) is 8.74. The molecule has 6 nitrogen and oxygen atoms in total. The maximum Gasteiger partial charge on any atom is 0.471 e. The lowest BCUT2D eigenvalue weighted by atomic mass is 10.1. The number of alkyl halides is 7. The van der Waals surface area contributed by atoms with Crippen molar-refractivity contribution < 1.29 is 40.7 Å². The van der Waals surface area contributed by atoms with Gasteiger partial charge in [0.05, 0.1) is 5.38 Å². The third kappa shape index (κ3) is 16.9. The van der Waals surface area contributed by atoms with Gasteiger partial charge >= 0.3 is 24.2 Å². The Kier molecular flexibility index (Phi) is 15.2. The highest BCUT2D eigenvalue weighted by Gasteiger charge is 2.38. The van der Waals surface area contributed by atoms with Gasteiger partial charge in [0.15, 0.2) is 0 Å². The zero-order chi connectivity index (χ0) is 24.7. The summed E-state index contributed by atoms with van der Waals surface area (Å²) in [6.45, 7) is 7.35. The Morgan fingerprint density at radius 1 is 0.968 bits per heavy atom. The molecule has 0 bridgehead atoms. The lowest BCUT2D eigenvalue weighted by molar-refractivity contribution is -0.173. The normalized spacial score (nSPS) is 12.7. The van der Waals surface area contributed by atoms with Crippen LogP contribution in [0.5, 0.6) is 0 Å². The highest BCUT2D eigenvalue weighted by atomic mass is 35.5. The summed E-state index contributed by atoms with van der Waals surface area (Å²) in [4.78, 5) is 31.3. The van der Waals surface area contributed by atoms with Gasteiger partial charge < -0.3 is 16.4 Å². The highest BCUT2D eigenvalue weighted by Crippen LogP contribution is 2.14. The molecule has 0 aliphatic carbocycles. The minimum atomic E-state index is -4.86. The summed E-state index contributed by atoms with van der Waals surface area (Å²) in [7, 11) is 0. The summed E-state index contributed by atoms with van der Waals surface area (Å²) in [5.74, 6) is -4.39. The Balaban J connectivity index is 0. The van der Waals surface area contributed by atoms with Crippen molar-refractivity contribution in [1.29, 1.82) is 0 Å². The minimum Gasteiger partial charge on any atom is -0.362 e. The summed E-state index contributed by atoms with van der Waals surface area (Å²) in [5, 5.41) is 4.03. The van der Waals surface area contributed by atoms with Crippen LogP contribution in [0.2, 0.25) is 0 Å². The second-order valence-electron chi connectivity index (χ2n) is 5.80. The van der Waals surface area contributed by atoms with E-state index in [9.17, 15) is 35.9 Å². The molecule has 0 aromatic heterocycles. The van der Waals surface area contributed by atoms with Gasteiger partial charge in [-0.3, -0.25) is 14.4 Å². The quantitative estimate of drug-likeness (QED) is 0.183. The number of rotatable bonds is 11. The molecular weight excluding hydrogens is 456 g/mol. The molecule has 1 unspecified atom stereocenters. The molecule has 4 N–H and O–H groups in total. The first-order valence-corrected chi connectivity index (χ1v) is 9.17. The number of amides is 3. The lowest BCUT2D eigenvalue weighted by Crippen LogP contribution is -2.37. The summed E-state index contributed by atoms with van der Waals surface area (Å²) in [6, 6.07) is 0. The zero-order valence-corrected chi connectivity index (χ0v) is 17.2. The number of carbonyl (C=O) groups excluding carboxylic acids is 3. The molecule has 0 aromatic rings. The van der Waals surface area contributed by atoms with Crippen LogP contribution in [0.3, 0.4) is 0 Å². The van der Waals surface area contributed by atoms with Crippen LogP contribution in [0, 0.1) is 0 Å². The summed E-state index contributed by atoms with van der Waals surface area (Å²) >= 11 is 6.10. The zero-order valence-electron chi connectivity index (χ0n) is 16.4. The van der Waals surface area contributed by atoms with E-state index >= 15 is 0 Å². The van der Waals surface area contributed by atoms with E-state index < -0.39 is 29.5 Å². The lowest BCUT2D eigenvalue weighted by Gasteiger charge is -2.12. The highest BCUT2D eigenvalue weighted by molar-refractivity contribution is 6.23. The maximum atomic E-state index is 11.9. The number of nitrogens with two attached hydrogens (primary N) is 1. The molecule has 0 aliphatic heterocycles. The van der Waals surface area contributed by atoms with E-state index in [-0.39, 0.29) is 25.4 Å². The number of allylic oxidation sites excluding steroid dienone is 3. The predicted octanol–water partition coefficient (Wildman–Crippen LogP) is 3.28. The van der Waals surface area contributed by atoms with Crippen molar-refractivity contribution in [2.45, 2.75) is 43.4 Å². The van der Waals surface area contributed by atoms with Crippen LogP contribution < -0.4 is 16.4 Å². The smallest absolute Gasteiger partial charge is 0.362 e. The molecule has 0 saturated carbocycles. The topological polar surface area (TPSA) is 101 Å². The average Bonchev–Trinajstić information content (AvgIpc) is 2.65. The number of primary amides is 1. The van der Waals surface area contributed by atoms with Gasteiger partial charge in [-0.1, -0.05) is 37.8 Å². The van der Waals surface area contributed by atoms with E-state index in [0.717, 1.165) is 5.57 Å². The van der Waals surface area contributed by atoms with Crippen LogP contribution in [-0.4, -0.2) is 48.5 Å². The Morgan fingerprint density at radius 3 is 1.94 bits per heavy atom. The van der Waals surface area contributed by atoms with E-state index in [1.54, 1.807) is 23.5 Å². The van der Waals surface area contributed by atoms with Crippen LogP contribution in [0.1, 0.15) is 25.7 Å². The first-order chi connectivity index (χ1) is 14.2. The van der Waals surface area contributed by atoms with Gasteiger partial charge in [0.25, 0.3) is 0 Å². The van der Waals surface area contributed by atoms with Crippen LogP contribution in [0.15, 0.2) is 37.0 Å². The molecule has 3 amide bonds. The number of unbranched alkanes of at least 4 members (excludes halogenated alkanes) is 2. The minimum absolute atomic E-state index is 0.0707. The number of hydrogen-bond acceptors (Lipinski definition) is 3. The van der Waals surface area contributed by atoms with Crippen molar-refractivity contribution in [2.75, 3.05) is 13.1 Å². The second-order valence-corrected chi connectivity index (χ2v) is 6.33. The molecular formula is C18H24ClF6N3O3. The Bertz CT molecular complexity index is 648. The van der Waals surface area contributed by atoms with Crippen molar-refractivity contribution in [3.63, 3.8) is 0 Å². The molecule has 31 heavy (non-hydrogen) atoms. The number of carbonyl (C=O) groups is 3. The Hall–Kier alpha value is -2.50. The monoisotopic (exact) mass is 479 g/mol. The fraction of sp³-hybridized carbons (Fsp3) is 0.500. The number of halogens is 7.